The Balaban J connectivity index is 2.26. The molecule has 0 saturated heterocycles. The summed E-state index contributed by atoms with van der Waals surface area (Å²) in [5, 5.41) is 3.46. The largest absolute Gasteiger partial charge is 0.312 e. The molecule has 1 N–H and O–H groups in total. The number of hydrogen-bond acceptors (Lipinski definition) is 2. The number of hydrogen-bond donors (Lipinski definition) is 1. The molecule has 0 bridgehead atoms. The molecule has 19 heavy (non-hydrogen) atoms. The van der Waals surface area contributed by atoms with Crippen molar-refractivity contribution in [1.29, 1.82) is 0 Å². The Morgan fingerprint density at radius 3 is 2.37 bits per heavy atom. The maximum absolute atomic E-state index is 3.46. The Bertz CT molecular complexity index is 549. The van der Waals surface area contributed by atoms with Crippen LogP contribution in [0.15, 0.2) is 24.3 Å². The second-order valence-electron chi connectivity index (χ2n) is 5.36. The van der Waals surface area contributed by atoms with Crippen molar-refractivity contribution >= 4 is 11.3 Å². The lowest BCUT2D eigenvalue weighted by atomic mass is 9.98. The second-order valence-corrected chi connectivity index (χ2v) is 6.65. The minimum Gasteiger partial charge on any atom is -0.312 e. The third-order valence-corrected chi connectivity index (χ3v) is 5.07. The third kappa shape index (κ3) is 3.26. The van der Waals surface area contributed by atoms with Gasteiger partial charge in [-0.05, 0) is 63.9 Å². The second kappa shape index (κ2) is 5.89. The number of benzene rings is 1. The molecular weight excluding hydrogens is 250 g/mol. The molecule has 1 nitrogen and oxygen atoms in total. The molecular formula is C17H23NS. The molecule has 1 aromatic carbocycles. The summed E-state index contributed by atoms with van der Waals surface area (Å²) in [5.41, 5.74) is 5.58. The monoisotopic (exact) mass is 273 g/mol. The topological polar surface area (TPSA) is 12.0 Å². The predicted molar refractivity (Wildman–Crippen MR) is 85.2 cm³/mol. The number of aryl methyl sites for hydroxylation is 4. The molecule has 2 rings (SSSR count). The number of thiophene rings is 1. The molecule has 0 aliphatic carbocycles. The molecule has 2 heteroatoms. The standard InChI is InChI=1S/C17H23NS/c1-11-6-7-12(2)15(8-11)10-16(18-5)17-9-13(3)14(4)19-17/h6-9,16,18H,10H2,1-5H3. The van der Waals surface area contributed by atoms with Crippen LogP contribution in [0.1, 0.15) is 38.0 Å². The van der Waals surface area contributed by atoms with Crippen LogP contribution in [0.2, 0.25) is 0 Å². The van der Waals surface area contributed by atoms with Crippen LogP contribution >= 0.6 is 11.3 Å². The van der Waals surface area contributed by atoms with Gasteiger partial charge in [-0.15, -0.1) is 11.3 Å². The van der Waals surface area contributed by atoms with Crippen molar-refractivity contribution in [2.45, 2.75) is 40.2 Å². The van der Waals surface area contributed by atoms with Gasteiger partial charge in [0.1, 0.15) is 0 Å². The van der Waals surface area contributed by atoms with Crippen molar-refractivity contribution in [1.82, 2.24) is 5.32 Å². The lowest BCUT2D eigenvalue weighted by Crippen LogP contribution is -2.18. The highest BCUT2D eigenvalue weighted by molar-refractivity contribution is 7.12. The first-order valence-corrected chi connectivity index (χ1v) is 7.63. The SMILES string of the molecule is CNC(Cc1cc(C)ccc1C)c1cc(C)c(C)s1. The van der Waals surface area contributed by atoms with Crippen molar-refractivity contribution in [3.05, 3.63) is 56.3 Å². The molecule has 1 heterocycles. The first kappa shape index (κ1) is 14.3. The molecule has 0 saturated carbocycles. The van der Waals surface area contributed by atoms with E-state index < -0.39 is 0 Å². The minimum atomic E-state index is 0.415. The number of rotatable bonds is 4. The van der Waals surface area contributed by atoms with Gasteiger partial charge in [-0.25, -0.2) is 0 Å². The molecule has 0 spiro atoms. The Morgan fingerprint density at radius 1 is 1.05 bits per heavy atom. The Labute approximate surface area is 120 Å². The van der Waals surface area contributed by atoms with Crippen molar-refractivity contribution < 1.29 is 0 Å². The average Bonchev–Trinajstić information content (AvgIpc) is 2.70. The first-order valence-electron chi connectivity index (χ1n) is 6.81. The van der Waals surface area contributed by atoms with Gasteiger partial charge >= 0.3 is 0 Å². The highest BCUT2D eigenvalue weighted by Gasteiger charge is 2.14. The van der Waals surface area contributed by atoms with Crippen LogP contribution in [0.4, 0.5) is 0 Å². The van der Waals surface area contributed by atoms with Crippen LogP contribution in [0, 0.1) is 27.7 Å². The normalized spacial score (nSPS) is 12.7. The predicted octanol–water partition coefficient (Wildman–Crippen LogP) is 4.48. The maximum Gasteiger partial charge on any atom is 0.0453 e. The summed E-state index contributed by atoms with van der Waals surface area (Å²) < 4.78 is 0. The summed E-state index contributed by atoms with van der Waals surface area (Å²) in [6.07, 6.45) is 1.06. The molecule has 102 valence electrons. The van der Waals surface area contributed by atoms with Gasteiger partial charge in [0, 0.05) is 15.8 Å². The highest BCUT2D eigenvalue weighted by atomic mass is 32.1. The summed E-state index contributed by atoms with van der Waals surface area (Å²) in [6.45, 7) is 8.76. The van der Waals surface area contributed by atoms with Gasteiger partial charge in [-0.2, -0.15) is 0 Å². The fourth-order valence-corrected chi connectivity index (χ4v) is 3.51. The van der Waals surface area contributed by atoms with Crippen molar-refractivity contribution in [3.8, 4) is 0 Å². The van der Waals surface area contributed by atoms with E-state index in [1.165, 1.54) is 32.0 Å². The van der Waals surface area contributed by atoms with E-state index in [1.807, 2.05) is 11.3 Å². The molecule has 0 aliphatic heterocycles. The zero-order valence-electron chi connectivity index (χ0n) is 12.5. The van der Waals surface area contributed by atoms with Crippen molar-refractivity contribution in [2.24, 2.45) is 0 Å². The summed E-state index contributed by atoms with van der Waals surface area (Å²) in [6, 6.07) is 9.46. The maximum atomic E-state index is 3.46. The van der Waals surface area contributed by atoms with Crippen LogP contribution < -0.4 is 5.32 Å². The van der Waals surface area contributed by atoms with Crippen LogP contribution in [0.25, 0.3) is 0 Å². The van der Waals surface area contributed by atoms with E-state index in [-0.39, 0.29) is 0 Å². The van der Waals surface area contributed by atoms with E-state index in [4.69, 9.17) is 0 Å². The van der Waals surface area contributed by atoms with Crippen LogP contribution in [0.3, 0.4) is 0 Å². The molecule has 1 atom stereocenters. The average molecular weight is 273 g/mol. The summed E-state index contributed by atoms with van der Waals surface area (Å²) in [4.78, 5) is 2.87. The highest BCUT2D eigenvalue weighted by Crippen LogP contribution is 2.29. The van der Waals surface area contributed by atoms with E-state index >= 15 is 0 Å². The lowest BCUT2D eigenvalue weighted by Gasteiger charge is -2.16. The molecule has 2 aromatic rings. The first-order chi connectivity index (χ1) is 9.01. The molecule has 0 amide bonds. The van der Waals surface area contributed by atoms with Crippen LogP contribution in [-0.2, 0) is 6.42 Å². The van der Waals surface area contributed by atoms with E-state index in [0.717, 1.165) is 6.42 Å². The minimum absolute atomic E-state index is 0.415. The molecule has 1 unspecified atom stereocenters. The smallest absolute Gasteiger partial charge is 0.0453 e. The van der Waals surface area contributed by atoms with Crippen molar-refractivity contribution in [3.63, 3.8) is 0 Å². The fraction of sp³-hybridized carbons (Fsp3) is 0.412. The molecule has 0 radical (unpaired) electrons. The number of likely N-dealkylation sites (N-methyl/N-ethyl adjacent to an activating group) is 1. The van der Waals surface area contributed by atoms with Gasteiger partial charge in [-0.3, -0.25) is 0 Å². The fourth-order valence-electron chi connectivity index (χ4n) is 2.36. The molecule has 0 fully saturated rings. The van der Waals surface area contributed by atoms with Gasteiger partial charge in [0.05, 0.1) is 0 Å². The zero-order valence-corrected chi connectivity index (χ0v) is 13.3. The van der Waals surface area contributed by atoms with E-state index in [0.29, 0.717) is 6.04 Å². The summed E-state index contributed by atoms with van der Waals surface area (Å²) in [5.74, 6) is 0. The van der Waals surface area contributed by atoms with Gasteiger partial charge in [0.25, 0.3) is 0 Å². The number of nitrogens with one attached hydrogen (secondary N) is 1. The summed E-state index contributed by atoms with van der Waals surface area (Å²) in [7, 11) is 2.06. The van der Waals surface area contributed by atoms with Gasteiger partial charge in [-0.1, -0.05) is 23.8 Å². The van der Waals surface area contributed by atoms with E-state index in [1.54, 1.807) is 0 Å². The Morgan fingerprint density at radius 2 is 1.79 bits per heavy atom. The Hall–Kier alpha value is -1.12. The Kier molecular flexibility index (Phi) is 4.43. The molecule has 0 aliphatic rings. The quantitative estimate of drug-likeness (QED) is 0.865. The van der Waals surface area contributed by atoms with E-state index in [9.17, 15) is 0 Å². The van der Waals surface area contributed by atoms with Crippen LogP contribution in [-0.4, -0.2) is 7.05 Å². The third-order valence-electron chi connectivity index (χ3n) is 3.81. The van der Waals surface area contributed by atoms with Gasteiger partial charge in [0.2, 0.25) is 0 Å². The van der Waals surface area contributed by atoms with Crippen molar-refractivity contribution in [2.75, 3.05) is 7.05 Å². The van der Waals surface area contributed by atoms with Gasteiger partial charge < -0.3 is 5.32 Å². The molecule has 1 aromatic heterocycles. The summed E-state index contributed by atoms with van der Waals surface area (Å²) >= 11 is 1.91. The zero-order chi connectivity index (χ0) is 14.0. The lowest BCUT2D eigenvalue weighted by molar-refractivity contribution is 0.600. The van der Waals surface area contributed by atoms with Gasteiger partial charge in [0.15, 0.2) is 0 Å². The van der Waals surface area contributed by atoms with E-state index in [2.05, 4.69) is 64.3 Å². The van der Waals surface area contributed by atoms with Crippen LogP contribution in [0.5, 0.6) is 0 Å².